The van der Waals surface area contributed by atoms with Gasteiger partial charge in [-0.25, -0.2) is 13.4 Å². The summed E-state index contributed by atoms with van der Waals surface area (Å²) in [4.78, 5) is 7.27. The quantitative estimate of drug-likeness (QED) is 0.877. The van der Waals surface area contributed by atoms with Crippen molar-refractivity contribution in [1.82, 2.24) is 9.97 Å². The molecule has 0 aliphatic carbocycles. The minimum Gasteiger partial charge on any atom is -0.367 e. The zero-order valence-electron chi connectivity index (χ0n) is 11.2. The summed E-state index contributed by atoms with van der Waals surface area (Å²) in [5, 5.41) is 5.32. The second-order valence-corrected chi connectivity index (χ2v) is 7.08. The summed E-state index contributed by atoms with van der Waals surface area (Å²) in [7, 11) is -1.59. The van der Waals surface area contributed by atoms with Gasteiger partial charge in [-0.3, -0.25) is 0 Å². The van der Waals surface area contributed by atoms with Crippen molar-refractivity contribution in [3.8, 4) is 0 Å². The van der Waals surface area contributed by atoms with Crippen molar-refractivity contribution in [3.05, 3.63) is 11.8 Å². The van der Waals surface area contributed by atoms with E-state index in [-0.39, 0.29) is 29.3 Å². The molecule has 1 fully saturated rings. The van der Waals surface area contributed by atoms with Crippen LogP contribution in [-0.2, 0) is 16.0 Å². The number of rotatable bonds is 3. The van der Waals surface area contributed by atoms with Crippen LogP contribution in [0.15, 0.2) is 6.07 Å². The van der Waals surface area contributed by atoms with Gasteiger partial charge in [-0.05, 0) is 12.8 Å². The minimum absolute atomic E-state index is 0.0285. The van der Waals surface area contributed by atoms with Gasteiger partial charge in [0.25, 0.3) is 0 Å². The minimum atomic E-state index is -4.57. The first-order chi connectivity index (χ1) is 9.69. The van der Waals surface area contributed by atoms with E-state index in [2.05, 4.69) is 20.6 Å². The summed E-state index contributed by atoms with van der Waals surface area (Å²) in [6.45, 7) is 0. The van der Waals surface area contributed by atoms with Gasteiger partial charge in [0.15, 0.2) is 5.69 Å². The monoisotopic (exact) mass is 324 g/mol. The molecule has 0 saturated carbocycles. The Morgan fingerprint density at radius 2 is 1.86 bits per heavy atom. The third-order valence-corrected chi connectivity index (χ3v) is 4.86. The molecule has 2 N–H and O–H groups in total. The van der Waals surface area contributed by atoms with Crippen LogP contribution in [0.2, 0.25) is 0 Å². The summed E-state index contributed by atoms with van der Waals surface area (Å²) >= 11 is 0. The zero-order valence-corrected chi connectivity index (χ0v) is 12.1. The molecule has 118 valence electrons. The Labute approximate surface area is 120 Å². The van der Waals surface area contributed by atoms with E-state index in [9.17, 15) is 21.6 Å². The number of nitrogens with zero attached hydrogens (tertiary/aromatic N) is 2. The van der Waals surface area contributed by atoms with E-state index in [1.54, 1.807) is 0 Å². The molecule has 0 unspecified atom stereocenters. The first-order valence-electron chi connectivity index (χ1n) is 6.30. The molecule has 1 aliphatic heterocycles. The van der Waals surface area contributed by atoms with Gasteiger partial charge in [0.1, 0.15) is 15.7 Å². The van der Waals surface area contributed by atoms with E-state index < -0.39 is 21.7 Å². The molecule has 6 nitrogen and oxygen atoms in total. The topological polar surface area (TPSA) is 84.0 Å². The summed E-state index contributed by atoms with van der Waals surface area (Å²) in [5.74, 6) is -0.0524. The molecule has 1 aromatic rings. The molecule has 0 radical (unpaired) electrons. The van der Waals surface area contributed by atoms with Gasteiger partial charge in [0.05, 0.1) is 11.5 Å². The van der Waals surface area contributed by atoms with Crippen molar-refractivity contribution in [2.75, 3.05) is 29.2 Å². The van der Waals surface area contributed by atoms with Crippen molar-refractivity contribution in [3.63, 3.8) is 0 Å². The normalized spacial score (nSPS) is 19.2. The maximum absolute atomic E-state index is 12.7. The smallest absolute Gasteiger partial charge is 0.367 e. The van der Waals surface area contributed by atoms with Crippen molar-refractivity contribution in [2.24, 2.45) is 0 Å². The number of nitrogens with one attached hydrogen (secondary N) is 2. The Balaban J connectivity index is 2.16. The van der Waals surface area contributed by atoms with Gasteiger partial charge in [0.2, 0.25) is 5.95 Å². The lowest BCUT2D eigenvalue weighted by molar-refractivity contribution is -0.141. The second-order valence-electron chi connectivity index (χ2n) is 4.78. The highest BCUT2D eigenvalue weighted by atomic mass is 32.2. The van der Waals surface area contributed by atoms with Crippen LogP contribution >= 0.6 is 0 Å². The Morgan fingerprint density at radius 3 is 2.38 bits per heavy atom. The number of anilines is 2. The lowest BCUT2D eigenvalue weighted by Crippen LogP contribution is -2.32. The first kappa shape index (κ1) is 15.8. The van der Waals surface area contributed by atoms with E-state index in [0.717, 1.165) is 6.07 Å². The fourth-order valence-corrected chi connectivity index (χ4v) is 3.51. The van der Waals surface area contributed by atoms with Crippen LogP contribution in [-0.4, -0.2) is 43.0 Å². The lowest BCUT2D eigenvalue weighted by atomic mass is 10.1. The molecular formula is C11H15F3N4O2S. The molecular weight excluding hydrogens is 309 g/mol. The van der Waals surface area contributed by atoms with Crippen molar-refractivity contribution >= 4 is 21.6 Å². The standard InChI is InChI=1S/C11H15F3N4O2S/c1-15-10-17-8(11(12,13)14)6-9(18-10)16-7-2-4-21(19,20)5-3-7/h6-7H,2-5H2,1H3,(H2,15,16,17,18). The molecule has 0 aromatic carbocycles. The number of sulfone groups is 1. The SMILES string of the molecule is CNc1nc(NC2CCS(=O)(=O)CC2)cc(C(F)(F)F)n1. The molecule has 1 aromatic heterocycles. The summed E-state index contributed by atoms with van der Waals surface area (Å²) in [6.07, 6.45) is -3.87. The van der Waals surface area contributed by atoms with E-state index >= 15 is 0 Å². The summed E-state index contributed by atoms with van der Waals surface area (Å²) in [6, 6.07) is 0.610. The zero-order chi connectivity index (χ0) is 15.7. The maximum Gasteiger partial charge on any atom is 0.433 e. The van der Waals surface area contributed by atoms with E-state index in [4.69, 9.17) is 0 Å². The molecule has 0 spiro atoms. The van der Waals surface area contributed by atoms with Gasteiger partial charge < -0.3 is 10.6 Å². The molecule has 2 heterocycles. The average Bonchev–Trinajstić information content (AvgIpc) is 2.40. The van der Waals surface area contributed by atoms with Crippen LogP contribution in [0, 0.1) is 0 Å². The summed E-state index contributed by atoms with van der Waals surface area (Å²) < 4.78 is 60.9. The Morgan fingerprint density at radius 1 is 1.24 bits per heavy atom. The molecule has 1 saturated heterocycles. The van der Waals surface area contributed by atoms with Crippen LogP contribution in [0.5, 0.6) is 0 Å². The van der Waals surface area contributed by atoms with E-state index in [0.29, 0.717) is 12.8 Å². The predicted molar refractivity (Wildman–Crippen MR) is 71.9 cm³/mol. The van der Waals surface area contributed by atoms with Gasteiger partial charge in [-0.2, -0.15) is 18.2 Å². The largest absolute Gasteiger partial charge is 0.433 e. The number of hydrogen-bond donors (Lipinski definition) is 2. The van der Waals surface area contributed by atoms with Crippen molar-refractivity contribution in [2.45, 2.75) is 25.1 Å². The number of hydrogen-bond acceptors (Lipinski definition) is 6. The highest BCUT2D eigenvalue weighted by Gasteiger charge is 2.34. The molecule has 21 heavy (non-hydrogen) atoms. The van der Waals surface area contributed by atoms with Gasteiger partial charge in [-0.15, -0.1) is 0 Å². The Hall–Kier alpha value is -1.58. The number of halogens is 3. The molecule has 0 atom stereocenters. The predicted octanol–water partition coefficient (Wildman–Crippen LogP) is 1.53. The molecule has 2 rings (SSSR count). The van der Waals surface area contributed by atoms with Gasteiger partial charge in [-0.1, -0.05) is 0 Å². The second kappa shape index (κ2) is 5.66. The third kappa shape index (κ3) is 4.19. The first-order valence-corrected chi connectivity index (χ1v) is 8.13. The van der Waals surface area contributed by atoms with Gasteiger partial charge in [0, 0.05) is 19.2 Å². The van der Waals surface area contributed by atoms with Crippen LogP contribution in [0.3, 0.4) is 0 Å². The fraction of sp³-hybridized carbons (Fsp3) is 0.636. The maximum atomic E-state index is 12.7. The van der Waals surface area contributed by atoms with Crippen LogP contribution in [0.25, 0.3) is 0 Å². The Bertz CT molecular complexity index is 604. The van der Waals surface area contributed by atoms with E-state index in [1.807, 2.05) is 0 Å². The molecule has 10 heteroatoms. The summed E-state index contributed by atoms with van der Waals surface area (Å²) in [5.41, 5.74) is -1.05. The number of alkyl halides is 3. The van der Waals surface area contributed by atoms with E-state index in [1.165, 1.54) is 7.05 Å². The molecule has 0 amide bonds. The lowest BCUT2D eigenvalue weighted by Gasteiger charge is -2.24. The van der Waals surface area contributed by atoms with Crippen molar-refractivity contribution in [1.29, 1.82) is 0 Å². The van der Waals surface area contributed by atoms with Crippen molar-refractivity contribution < 1.29 is 21.6 Å². The third-order valence-electron chi connectivity index (χ3n) is 3.15. The van der Waals surface area contributed by atoms with Gasteiger partial charge >= 0.3 is 6.18 Å². The average molecular weight is 324 g/mol. The van der Waals surface area contributed by atoms with Crippen LogP contribution < -0.4 is 10.6 Å². The highest BCUT2D eigenvalue weighted by Crippen LogP contribution is 2.30. The van der Waals surface area contributed by atoms with Crippen LogP contribution in [0.1, 0.15) is 18.5 Å². The highest BCUT2D eigenvalue weighted by molar-refractivity contribution is 7.91. The fourth-order valence-electron chi connectivity index (χ4n) is 2.02. The Kier molecular flexibility index (Phi) is 4.26. The number of aromatic nitrogens is 2. The molecule has 0 bridgehead atoms. The molecule has 1 aliphatic rings. The van der Waals surface area contributed by atoms with Crippen LogP contribution in [0.4, 0.5) is 24.9 Å².